The molecule has 3 aromatic rings. The van der Waals surface area contributed by atoms with Crippen molar-refractivity contribution in [2.24, 2.45) is 0 Å². The average molecular weight is 447 g/mol. The summed E-state index contributed by atoms with van der Waals surface area (Å²) < 4.78 is 0.785. The van der Waals surface area contributed by atoms with Crippen molar-refractivity contribution in [2.45, 2.75) is 19.9 Å². The van der Waals surface area contributed by atoms with Crippen LogP contribution < -0.4 is 5.32 Å². The molecule has 0 unspecified atom stereocenters. The molecule has 3 N–H and O–H groups in total. The number of rotatable bonds is 7. The number of nitrogens with one attached hydrogen (secondary N) is 2. The van der Waals surface area contributed by atoms with Crippen molar-refractivity contribution in [1.82, 2.24) is 30.5 Å². The number of aromatic nitrogens is 5. The number of benzene rings is 1. The smallest absolute Gasteiger partial charge is 0.225 e. The van der Waals surface area contributed by atoms with Crippen LogP contribution in [-0.2, 0) is 17.8 Å². The van der Waals surface area contributed by atoms with E-state index in [1.165, 1.54) is 11.8 Å². The van der Waals surface area contributed by atoms with Crippen molar-refractivity contribution in [3.05, 3.63) is 51.1 Å². The van der Waals surface area contributed by atoms with Crippen molar-refractivity contribution in [3.63, 3.8) is 0 Å². The zero-order chi connectivity index (χ0) is 20.3. The highest BCUT2D eigenvalue weighted by Gasteiger charge is 2.25. The van der Waals surface area contributed by atoms with Crippen LogP contribution in [0.25, 0.3) is 11.5 Å². The summed E-state index contributed by atoms with van der Waals surface area (Å²) in [6, 6.07) is 7.06. The lowest BCUT2D eigenvalue weighted by atomic mass is 9.98. The third-order valence-electron chi connectivity index (χ3n) is 4.23. The number of ketones is 1. The Bertz CT molecular complexity index is 1030. The highest BCUT2D eigenvalue weighted by atomic mass is 79.9. The number of hydrogen-bond acceptors (Lipinski definition) is 6. The minimum Gasteiger partial charge on any atom is -0.394 e. The molecular weight excluding hydrogens is 428 g/mol. The Labute approximate surface area is 169 Å². The first-order chi connectivity index (χ1) is 13.4. The second-order valence-corrected chi connectivity index (χ2v) is 7.02. The van der Waals surface area contributed by atoms with E-state index in [1.807, 2.05) is 6.07 Å². The fourth-order valence-corrected chi connectivity index (χ4v) is 3.27. The number of aliphatic hydroxyl groups is 1. The molecule has 0 atom stereocenters. The van der Waals surface area contributed by atoms with Gasteiger partial charge in [-0.25, -0.2) is 0 Å². The third kappa shape index (κ3) is 4.02. The second-order valence-electron chi connectivity index (χ2n) is 6.10. The Morgan fingerprint density at radius 2 is 2.14 bits per heavy atom. The Morgan fingerprint density at radius 3 is 2.82 bits per heavy atom. The molecule has 0 saturated carbocycles. The normalized spacial score (nSPS) is 10.9. The van der Waals surface area contributed by atoms with Gasteiger partial charge in [-0.3, -0.25) is 9.59 Å². The summed E-state index contributed by atoms with van der Waals surface area (Å²) in [6.07, 6.45) is 0.0111. The van der Waals surface area contributed by atoms with Crippen molar-refractivity contribution < 1.29 is 14.7 Å². The fraction of sp³-hybridized carbons (Fsp3) is 0.278. The van der Waals surface area contributed by atoms with Crippen molar-refractivity contribution in [3.8, 4) is 11.5 Å². The number of halogens is 1. The van der Waals surface area contributed by atoms with Crippen LogP contribution in [0.3, 0.4) is 0 Å². The Morgan fingerprint density at radius 1 is 1.36 bits per heavy atom. The lowest BCUT2D eigenvalue weighted by Gasteiger charge is -2.05. The van der Waals surface area contributed by atoms with Crippen LogP contribution >= 0.6 is 15.9 Å². The topological polar surface area (TPSA) is 126 Å². The molecule has 1 amide bonds. The minimum absolute atomic E-state index is 0.0111. The van der Waals surface area contributed by atoms with Crippen LogP contribution in [0.4, 0.5) is 0 Å². The van der Waals surface area contributed by atoms with E-state index in [9.17, 15) is 9.59 Å². The zero-order valence-electron chi connectivity index (χ0n) is 15.4. The number of carbonyl (C=O) groups excluding carboxylic acids is 2. The lowest BCUT2D eigenvalue weighted by Crippen LogP contribution is -2.21. The average Bonchev–Trinajstić information content (AvgIpc) is 3.26. The van der Waals surface area contributed by atoms with Gasteiger partial charge in [0.15, 0.2) is 5.78 Å². The molecular formula is C18H19BrN6O3. The van der Waals surface area contributed by atoms with E-state index in [-0.39, 0.29) is 37.1 Å². The predicted molar refractivity (Wildman–Crippen MR) is 105 cm³/mol. The molecule has 146 valence electrons. The van der Waals surface area contributed by atoms with Crippen LogP contribution in [0.1, 0.15) is 27.2 Å². The molecule has 0 saturated heterocycles. The highest BCUT2D eigenvalue weighted by Crippen LogP contribution is 2.28. The molecule has 0 aliphatic carbocycles. The summed E-state index contributed by atoms with van der Waals surface area (Å²) in [5, 5.41) is 23.7. The number of aromatic amines is 1. The first-order valence-corrected chi connectivity index (χ1v) is 9.35. The van der Waals surface area contributed by atoms with E-state index >= 15 is 0 Å². The highest BCUT2D eigenvalue weighted by molar-refractivity contribution is 9.10. The van der Waals surface area contributed by atoms with Gasteiger partial charge in [-0.05, 0) is 29.8 Å². The molecule has 2 heterocycles. The van der Waals surface area contributed by atoms with Gasteiger partial charge in [-0.1, -0.05) is 28.1 Å². The van der Waals surface area contributed by atoms with Gasteiger partial charge in [0.25, 0.3) is 0 Å². The summed E-state index contributed by atoms with van der Waals surface area (Å²) in [7, 11) is 1.54. The van der Waals surface area contributed by atoms with E-state index in [4.69, 9.17) is 5.11 Å². The number of tetrazole rings is 1. The lowest BCUT2D eigenvalue weighted by molar-refractivity contribution is -0.120. The van der Waals surface area contributed by atoms with Crippen molar-refractivity contribution >= 4 is 27.6 Å². The number of nitrogens with zero attached hydrogens (tertiary/aromatic N) is 4. The van der Waals surface area contributed by atoms with Crippen LogP contribution in [0, 0.1) is 6.92 Å². The standard InChI is InChI=1S/C18H19BrN6O3/c1-10-15(17(28)11-4-3-5-12(19)8-11)13(9-14(27)20-2)21-16(10)18-22-24-25(23-18)6-7-26/h3-5,8,21,26H,6-7,9H2,1-2H3,(H,20,27). The van der Waals surface area contributed by atoms with E-state index < -0.39 is 0 Å². The van der Waals surface area contributed by atoms with E-state index in [1.54, 1.807) is 25.1 Å². The molecule has 0 aliphatic rings. The number of hydrogen-bond donors (Lipinski definition) is 3. The number of H-pyrrole nitrogens is 1. The van der Waals surface area contributed by atoms with Gasteiger partial charge < -0.3 is 15.4 Å². The largest absolute Gasteiger partial charge is 0.394 e. The van der Waals surface area contributed by atoms with Crippen LogP contribution in [0.2, 0.25) is 0 Å². The number of aliphatic hydroxyl groups excluding tert-OH is 1. The maximum Gasteiger partial charge on any atom is 0.225 e. The molecule has 0 bridgehead atoms. The summed E-state index contributed by atoms with van der Waals surface area (Å²) in [5.74, 6) is -0.145. The molecule has 0 spiro atoms. The van der Waals surface area contributed by atoms with Crippen molar-refractivity contribution in [1.29, 1.82) is 0 Å². The van der Waals surface area contributed by atoms with E-state index in [0.717, 1.165) is 4.47 Å². The van der Waals surface area contributed by atoms with E-state index in [0.29, 0.717) is 28.1 Å². The van der Waals surface area contributed by atoms with Gasteiger partial charge in [0.2, 0.25) is 11.7 Å². The molecule has 1 aromatic carbocycles. The maximum absolute atomic E-state index is 13.2. The van der Waals surface area contributed by atoms with Gasteiger partial charge >= 0.3 is 0 Å². The molecule has 0 radical (unpaired) electrons. The monoisotopic (exact) mass is 446 g/mol. The molecule has 3 rings (SSSR count). The maximum atomic E-state index is 13.2. The Hall–Kier alpha value is -2.85. The van der Waals surface area contributed by atoms with Gasteiger partial charge in [0, 0.05) is 28.3 Å². The second kappa shape index (κ2) is 8.44. The molecule has 2 aromatic heterocycles. The number of amides is 1. The molecule has 10 heteroatoms. The van der Waals surface area contributed by atoms with Crippen LogP contribution in [0.5, 0.6) is 0 Å². The number of carbonyl (C=O) groups is 2. The number of likely N-dealkylation sites (N-methyl/N-ethyl adjacent to an activating group) is 1. The van der Waals surface area contributed by atoms with Gasteiger partial charge in [-0.2, -0.15) is 4.80 Å². The molecule has 28 heavy (non-hydrogen) atoms. The Balaban J connectivity index is 2.09. The molecule has 9 nitrogen and oxygen atoms in total. The van der Waals surface area contributed by atoms with Crippen LogP contribution in [-0.4, -0.2) is 55.6 Å². The summed E-state index contributed by atoms with van der Waals surface area (Å²) in [6.45, 7) is 1.87. The molecule has 0 aliphatic heterocycles. The zero-order valence-corrected chi connectivity index (χ0v) is 16.9. The van der Waals surface area contributed by atoms with Crippen molar-refractivity contribution in [2.75, 3.05) is 13.7 Å². The first kappa shape index (κ1) is 19.9. The van der Waals surface area contributed by atoms with E-state index in [2.05, 4.69) is 41.6 Å². The fourth-order valence-electron chi connectivity index (χ4n) is 2.87. The summed E-state index contributed by atoms with van der Waals surface area (Å²) in [5.41, 5.74) is 2.54. The van der Waals surface area contributed by atoms with Gasteiger partial charge in [0.05, 0.1) is 25.3 Å². The SMILES string of the molecule is CNC(=O)Cc1[nH]c(-c2nnn(CCO)n2)c(C)c1C(=O)c1cccc(Br)c1. The van der Waals surface area contributed by atoms with Gasteiger partial charge in [0.1, 0.15) is 0 Å². The van der Waals surface area contributed by atoms with Gasteiger partial charge in [-0.15, -0.1) is 10.2 Å². The quantitative estimate of drug-likeness (QED) is 0.468. The first-order valence-electron chi connectivity index (χ1n) is 8.56. The predicted octanol–water partition coefficient (Wildman–Crippen LogP) is 1.25. The Kier molecular flexibility index (Phi) is 6.00. The van der Waals surface area contributed by atoms with Crippen LogP contribution in [0.15, 0.2) is 28.7 Å². The third-order valence-corrected chi connectivity index (χ3v) is 4.73. The molecule has 0 fully saturated rings. The summed E-state index contributed by atoms with van der Waals surface area (Å²) in [4.78, 5) is 29.5. The summed E-state index contributed by atoms with van der Waals surface area (Å²) >= 11 is 3.38. The minimum atomic E-state index is -0.229.